The van der Waals surface area contributed by atoms with Crippen molar-refractivity contribution in [1.82, 2.24) is 10.1 Å². The summed E-state index contributed by atoms with van der Waals surface area (Å²) < 4.78 is 10.0. The predicted octanol–water partition coefficient (Wildman–Crippen LogP) is 1.77. The van der Waals surface area contributed by atoms with Crippen molar-refractivity contribution in [2.45, 2.75) is 19.4 Å². The SMILES string of the molecule is COC(CN)CC(=O)Nc1cccc(-c2noc(C)n2)c1.Cl. The Balaban J connectivity index is 0.00000242. The molecule has 0 saturated carbocycles. The van der Waals surface area contributed by atoms with Gasteiger partial charge in [0.2, 0.25) is 17.6 Å². The quantitative estimate of drug-likeness (QED) is 0.838. The lowest BCUT2D eigenvalue weighted by atomic mass is 10.2. The molecule has 7 nitrogen and oxygen atoms in total. The number of carbonyl (C=O) groups excluding carboxylic acids is 1. The fourth-order valence-corrected chi connectivity index (χ4v) is 1.83. The van der Waals surface area contributed by atoms with Crippen LogP contribution in [0.25, 0.3) is 11.4 Å². The minimum absolute atomic E-state index is 0. The van der Waals surface area contributed by atoms with Gasteiger partial charge >= 0.3 is 0 Å². The lowest BCUT2D eigenvalue weighted by molar-refractivity contribution is -0.118. The van der Waals surface area contributed by atoms with Crippen LogP contribution in [-0.4, -0.2) is 35.8 Å². The first-order valence-corrected chi connectivity index (χ1v) is 6.56. The second-order valence-electron chi connectivity index (χ2n) is 4.56. The molecule has 0 saturated heterocycles. The van der Waals surface area contributed by atoms with Gasteiger partial charge in [-0.3, -0.25) is 4.79 Å². The van der Waals surface area contributed by atoms with Crippen LogP contribution in [0.2, 0.25) is 0 Å². The van der Waals surface area contributed by atoms with Crippen molar-refractivity contribution in [2.75, 3.05) is 19.0 Å². The molecule has 0 fully saturated rings. The molecule has 2 aromatic rings. The maximum atomic E-state index is 11.9. The Labute approximate surface area is 134 Å². The van der Waals surface area contributed by atoms with Crippen LogP contribution in [0, 0.1) is 6.92 Å². The van der Waals surface area contributed by atoms with Gasteiger partial charge in [0.05, 0.1) is 12.5 Å². The molecule has 22 heavy (non-hydrogen) atoms. The molecular weight excluding hydrogens is 308 g/mol. The van der Waals surface area contributed by atoms with Crippen LogP contribution >= 0.6 is 12.4 Å². The highest BCUT2D eigenvalue weighted by atomic mass is 35.5. The van der Waals surface area contributed by atoms with Crippen molar-refractivity contribution in [3.63, 3.8) is 0 Å². The molecule has 1 amide bonds. The number of nitrogens with one attached hydrogen (secondary N) is 1. The average Bonchev–Trinajstić information content (AvgIpc) is 2.91. The zero-order valence-corrected chi connectivity index (χ0v) is 13.2. The molecule has 0 aliphatic rings. The van der Waals surface area contributed by atoms with Crippen molar-refractivity contribution in [3.8, 4) is 11.4 Å². The molecule has 0 radical (unpaired) electrons. The van der Waals surface area contributed by atoms with Gasteiger partial charge in [0.15, 0.2) is 0 Å². The van der Waals surface area contributed by atoms with E-state index in [9.17, 15) is 4.79 Å². The second kappa shape index (κ2) is 8.47. The summed E-state index contributed by atoms with van der Waals surface area (Å²) in [5, 5.41) is 6.64. The Bertz CT molecular complexity index is 614. The number of amides is 1. The van der Waals surface area contributed by atoms with E-state index in [4.69, 9.17) is 15.0 Å². The van der Waals surface area contributed by atoms with Gasteiger partial charge < -0.3 is 20.3 Å². The number of carbonyl (C=O) groups is 1. The van der Waals surface area contributed by atoms with E-state index in [-0.39, 0.29) is 30.8 Å². The third kappa shape index (κ3) is 4.80. The van der Waals surface area contributed by atoms with E-state index < -0.39 is 0 Å². The number of ether oxygens (including phenoxy) is 1. The summed E-state index contributed by atoms with van der Waals surface area (Å²) in [5.41, 5.74) is 6.92. The zero-order valence-electron chi connectivity index (χ0n) is 12.4. The number of methoxy groups -OCH3 is 1. The monoisotopic (exact) mass is 326 g/mol. The van der Waals surface area contributed by atoms with Crippen LogP contribution in [0.4, 0.5) is 5.69 Å². The number of nitrogens with zero attached hydrogens (tertiary/aromatic N) is 2. The van der Waals surface area contributed by atoms with E-state index in [1.165, 1.54) is 7.11 Å². The molecule has 1 aromatic carbocycles. The minimum Gasteiger partial charge on any atom is -0.380 e. The summed E-state index contributed by atoms with van der Waals surface area (Å²) in [5.74, 6) is 0.819. The van der Waals surface area contributed by atoms with Crippen molar-refractivity contribution >= 4 is 24.0 Å². The average molecular weight is 327 g/mol. The summed E-state index contributed by atoms with van der Waals surface area (Å²) in [4.78, 5) is 16.0. The van der Waals surface area contributed by atoms with Gasteiger partial charge in [-0.25, -0.2) is 0 Å². The van der Waals surface area contributed by atoms with E-state index in [2.05, 4.69) is 15.5 Å². The summed E-state index contributed by atoms with van der Waals surface area (Å²) in [7, 11) is 1.53. The van der Waals surface area contributed by atoms with Crippen LogP contribution in [0.1, 0.15) is 12.3 Å². The molecule has 3 N–H and O–H groups in total. The van der Waals surface area contributed by atoms with E-state index in [1.807, 2.05) is 12.1 Å². The fraction of sp³-hybridized carbons (Fsp3) is 0.357. The molecule has 1 atom stereocenters. The number of halogens is 1. The van der Waals surface area contributed by atoms with Crippen LogP contribution in [-0.2, 0) is 9.53 Å². The Morgan fingerprint density at radius 2 is 2.27 bits per heavy atom. The number of aryl methyl sites for hydroxylation is 1. The molecule has 0 aliphatic carbocycles. The molecule has 0 bridgehead atoms. The number of hydrogen-bond acceptors (Lipinski definition) is 6. The molecule has 2 rings (SSSR count). The molecule has 8 heteroatoms. The Morgan fingerprint density at radius 3 is 2.86 bits per heavy atom. The van der Waals surface area contributed by atoms with E-state index in [1.54, 1.807) is 19.1 Å². The lowest BCUT2D eigenvalue weighted by Crippen LogP contribution is -2.28. The van der Waals surface area contributed by atoms with E-state index >= 15 is 0 Å². The van der Waals surface area contributed by atoms with Crippen LogP contribution in [0.3, 0.4) is 0 Å². The summed E-state index contributed by atoms with van der Waals surface area (Å²) in [6.45, 7) is 2.02. The van der Waals surface area contributed by atoms with Gasteiger partial charge in [0, 0.05) is 31.8 Å². The minimum atomic E-state index is -0.284. The molecule has 0 spiro atoms. The standard InChI is InChI=1S/C14H18N4O3.ClH/c1-9-16-14(18-21-9)10-4-3-5-11(6-10)17-13(19)7-12(8-15)20-2;/h3-6,12H,7-8,15H2,1-2H3,(H,17,19);1H. The largest absolute Gasteiger partial charge is 0.380 e. The lowest BCUT2D eigenvalue weighted by Gasteiger charge is -2.12. The maximum absolute atomic E-state index is 11.9. The van der Waals surface area contributed by atoms with Crippen molar-refractivity contribution in [3.05, 3.63) is 30.2 Å². The Hall–Kier alpha value is -1.96. The molecule has 1 unspecified atom stereocenters. The normalized spacial score (nSPS) is 11.6. The number of anilines is 1. The first kappa shape index (κ1) is 18.1. The van der Waals surface area contributed by atoms with E-state index in [0.717, 1.165) is 5.56 Å². The molecule has 120 valence electrons. The summed E-state index contributed by atoms with van der Waals surface area (Å²) in [6.07, 6.45) is -0.0773. The van der Waals surface area contributed by atoms with Gasteiger partial charge in [0.1, 0.15) is 0 Å². The van der Waals surface area contributed by atoms with Crippen LogP contribution in [0.15, 0.2) is 28.8 Å². The predicted molar refractivity (Wildman–Crippen MR) is 84.8 cm³/mol. The third-order valence-electron chi connectivity index (χ3n) is 2.94. The number of benzene rings is 1. The molecule has 1 heterocycles. The van der Waals surface area contributed by atoms with Gasteiger partial charge in [-0.15, -0.1) is 12.4 Å². The number of aromatic nitrogens is 2. The van der Waals surface area contributed by atoms with Crippen LogP contribution < -0.4 is 11.1 Å². The van der Waals surface area contributed by atoms with Crippen LogP contribution in [0.5, 0.6) is 0 Å². The number of nitrogens with two attached hydrogens (primary N) is 1. The smallest absolute Gasteiger partial charge is 0.227 e. The first-order chi connectivity index (χ1) is 10.1. The Kier molecular flexibility index (Phi) is 6.97. The van der Waals surface area contributed by atoms with Gasteiger partial charge in [0.25, 0.3) is 0 Å². The fourth-order valence-electron chi connectivity index (χ4n) is 1.83. The second-order valence-corrected chi connectivity index (χ2v) is 4.56. The van der Waals surface area contributed by atoms with Crippen molar-refractivity contribution in [1.29, 1.82) is 0 Å². The highest BCUT2D eigenvalue weighted by Crippen LogP contribution is 2.20. The summed E-state index contributed by atoms with van der Waals surface area (Å²) in [6, 6.07) is 7.23. The highest BCUT2D eigenvalue weighted by Gasteiger charge is 2.12. The number of hydrogen-bond donors (Lipinski definition) is 2. The summed E-state index contributed by atoms with van der Waals surface area (Å²) >= 11 is 0. The Morgan fingerprint density at radius 1 is 1.50 bits per heavy atom. The van der Waals surface area contributed by atoms with Crippen molar-refractivity contribution < 1.29 is 14.1 Å². The highest BCUT2D eigenvalue weighted by molar-refractivity contribution is 5.91. The topological polar surface area (TPSA) is 103 Å². The maximum Gasteiger partial charge on any atom is 0.227 e. The molecular formula is C14H19ClN4O3. The zero-order chi connectivity index (χ0) is 15.2. The molecule has 1 aromatic heterocycles. The van der Waals surface area contributed by atoms with E-state index in [0.29, 0.717) is 23.9 Å². The van der Waals surface area contributed by atoms with Gasteiger partial charge in [-0.1, -0.05) is 17.3 Å². The first-order valence-electron chi connectivity index (χ1n) is 6.56. The molecule has 0 aliphatic heterocycles. The van der Waals surface area contributed by atoms with Gasteiger partial charge in [-0.05, 0) is 12.1 Å². The van der Waals surface area contributed by atoms with Crippen molar-refractivity contribution in [2.24, 2.45) is 5.73 Å². The number of rotatable bonds is 6. The van der Waals surface area contributed by atoms with Gasteiger partial charge in [-0.2, -0.15) is 4.98 Å². The third-order valence-corrected chi connectivity index (χ3v) is 2.94.